The van der Waals surface area contributed by atoms with E-state index in [0.29, 0.717) is 5.75 Å². The van der Waals surface area contributed by atoms with Gasteiger partial charge in [0.2, 0.25) is 12.2 Å². The van der Waals surface area contributed by atoms with Crippen LogP contribution in [0.5, 0.6) is 5.75 Å². The van der Waals surface area contributed by atoms with E-state index in [9.17, 15) is 19.2 Å². The van der Waals surface area contributed by atoms with Gasteiger partial charge in [0.15, 0.2) is 12.2 Å². The summed E-state index contributed by atoms with van der Waals surface area (Å²) in [5.74, 6) is -1.93. The summed E-state index contributed by atoms with van der Waals surface area (Å²) >= 11 is 0. The molecule has 1 N–H and O–H groups in total. The smallest absolute Gasteiger partial charge is 0.303 e. The summed E-state index contributed by atoms with van der Waals surface area (Å²) in [5, 5.41) is 2.63. The second-order valence-corrected chi connectivity index (χ2v) is 6.65. The van der Waals surface area contributed by atoms with Gasteiger partial charge in [-0.3, -0.25) is 19.2 Å². The van der Waals surface area contributed by atoms with Crippen molar-refractivity contribution in [1.82, 2.24) is 5.32 Å². The van der Waals surface area contributed by atoms with Crippen molar-refractivity contribution in [3.63, 3.8) is 0 Å². The maximum Gasteiger partial charge on any atom is 0.303 e. The molecule has 0 aromatic heterocycles. The van der Waals surface area contributed by atoms with Crippen molar-refractivity contribution in [2.75, 3.05) is 6.61 Å². The van der Waals surface area contributed by atoms with Crippen molar-refractivity contribution in [2.24, 2.45) is 0 Å². The van der Waals surface area contributed by atoms with Crippen molar-refractivity contribution in [1.29, 1.82) is 0 Å². The molecule has 1 aromatic carbocycles. The van der Waals surface area contributed by atoms with Gasteiger partial charge in [0.05, 0.1) is 0 Å². The molecule has 0 bridgehead atoms. The number of rotatable bonds is 7. The zero-order chi connectivity index (χ0) is 22.3. The van der Waals surface area contributed by atoms with Crippen LogP contribution < -0.4 is 10.1 Å². The number of carbonyl (C=O) groups is 4. The Morgan fingerprint density at radius 3 is 2.03 bits per heavy atom. The van der Waals surface area contributed by atoms with Gasteiger partial charge in [0.1, 0.15) is 24.5 Å². The second kappa shape index (κ2) is 10.6. The zero-order valence-corrected chi connectivity index (χ0v) is 17.2. The van der Waals surface area contributed by atoms with E-state index in [-0.39, 0.29) is 6.61 Å². The molecule has 2 rings (SSSR count). The van der Waals surface area contributed by atoms with E-state index in [4.69, 9.17) is 23.7 Å². The first-order chi connectivity index (χ1) is 14.2. The summed E-state index contributed by atoms with van der Waals surface area (Å²) in [5.41, 5.74) is 0. The van der Waals surface area contributed by atoms with E-state index in [1.54, 1.807) is 30.3 Å². The molecule has 1 heterocycles. The third-order valence-corrected chi connectivity index (χ3v) is 4.07. The highest BCUT2D eigenvalue weighted by Gasteiger charge is 2.51. The first-order valence-electron chi connectivity index (χ1n) is 9.29. The quantitative estimate of drug-likeness (QED) is 0.498. The summed E-state index contributed by atoms with van der Waals surface area (Å²) in [4.78, 5) is 46.6. The van der Waals surface area contributed by atoms with E-state index in [2.05, 4.69) is 5.32 Å². The molecule has 1 amide bonds. The summed E-state index contributed by atoms with van der Waals surface area (Å²) in [6, 6.07) is 7.62. The molecule has 0 aliphatic carbocycles. The maximum atomic E-state index is 11.8. The zero-order valence-electron chi connectivity index (χ0n) is 17.2. The van der Waals surface area contributed by atoms with E-state index < -0.39 is 54.5 Å². The molecule has 0 spiro atoms. The minimum atomic E-state index is -1.15. The average molecular weight is 423 g/mol. The van der Waals surface area contributed by atoms with E-state index in [0.717, 1.165) is 0 Å². The predicted octanol–water partition coefficient (Wildman–Crippen LogP) is 0.721. The fraction of sp³-hybridized carbons (Fsp3) is 0.500. The fourth-order valence-corrected chi connectivity index (χ4v) is 3.02. The minimum Gasteiger partial charge on any atom is -0.463 e. The van der Waals surface area contributed by atoms with Crippen LogP contribution in [0.15, 0.2) is 30.3 Å². The number of ether oxygens (including phenoxy) is 5. The molecule has 1 fully saturated rings. The van der Waals surface area contributed by atoms with Crippen LogP contribution >= 0.6 is 0 Å². The molecule has 30 heavy (non-hydrogen) atoms. The highest BCUT2D eigenvalue weighted by Crippen LogP contribution is 2.29. The van der Waals surface area contributed by atoms with Crippen LogP contribution in [0.1, 0.15) is 27.7 Å². The summed E-state index contributed by atoms with van der Waals surface area (Å²) in [6.07, 6.45) is -4.45. The molecule has 1 aliphatic rings. The Bertz CT molecular complexity index is 767. The molecule has 10 nitrogen and oxygen atoms in total. The largest absolute Gasteiger partial charge is 0.463 e. The number of benzene rings is 1. The average Bonchev–Trinajstić information content (AvgIpc) is 2.64. The molecule has 1 aliphatic heterocycles. The highest BCUT2D eigenvalue weighted by molar-refractivity contribution is 5.73. The number of amides is 1. The van der Waals surface area contributed by atoms with Crippen molar-refractivity contribution in [3.8, 4) is 5.75 Å². The minimum absolute atomic E-state index is 0.285. The van der Waals surface area contributed by atoms with Gasteiger partial charge in [-0.15, -0.1) is 0 Å². The Morgan fingerprint density at radius 2 is 1.50 bits per heavy atom. The molecule has 1 saturated heterocycles. The van der Waals surface area contributed by atoms with Gasteiger partial charge in [-0.2, -0.15) is 0 Å². The molecule has 0 unspecified atom stereocenters. The van der Waals surface area contributed by atoms with E-state index >= 15 is 0 Å². The monoisotopic (exact) mass is 423 g/mol. The molecule has 10 heteroatoms. The Balaban J connectivity index is 2.42. The van der Waals surface area contributed by atoms with E-state index in [1.165, 1.54) is 27.7 Å². The number of esters is 3. The van der Waals surface area contributed by atoms with Crippen LogP contribution in [-0.4, -0.2) is 61.1 Å². The topological polar surface area (TPSA) is 126 Å². The number of para-hydroxylation sites is 1. The molecule has 1 aromatic rings. The van der Waals surface area contributed by atoms with Crippen molar-refractivity contribution in [2.45, 2.75) is 58.3 Å². The molecule has 5 atom stereocenters. The van der Waals surface area contributed by atoms with Gasteiger partial charge in [-0.05, 0) is 12.1 Å². The maximum absolute atomic E-state index is 11.8. The van der Waals surface area contributed by atoms with Gasteiger partial charge in [0.25, 0.3) is 0 Å². The van der Waals surface area contributed by atoms with Crippen LogP contribution in [0.2, 0.25) is 0 Å². The summed E-state index contributed by atoms with van der Waals surface area (Å²) in [6.45, 7) is 4.56. The van der Waals surface area contributed by atoms with Crippen LogP contribution in [0.4, 0.5) is 0 Å². The Kier molecular flexibility index (Phi) is 8.16. The Morgan fingerprint density at radius 1 is 0.900 bits per heavy atom. The van der Waals surface area contributed by atoms with Crippen LogP contribution in [0, 0.1) is 0 Å². The number of hydrogen-bond donors (Lipinski definition) is 1. The first-order valence-corrected chi connectivity index (χ1v) is 9.29. The first kappa shape index (κ1) is 23.1. The second-order valence-electron chi connectivity index (χ2n) is 6.65. The highest BCUT2D eigenvalue weighted by atomic mass is 16.7. The fourth-order valence-electron chi connectivity index (χ4n) is 3.02. The lowest BCUT2D eigenvalue weighted by Crippen LogP contribution is -2.67. The molecular formula is C20H25NO9. The predicted molar refractivity (Wildman–Crippen MR) is 101 cm³/mol. The van der Waals surface area contributed by atoms with Crippen LogP contribution in [0.3, 0.4) is 0 Å². The van der Waals surface area contributed by atoms with Crippen LogP contribution in [0.25, 0.3) is 0 Å². The lowest BCUT2D eigenvalue weighted by Gasteiger charge is -2.44. The number of nitrogens with one attached hydrogen (secondary N) is 1. The van der Waals surface area contributed by atoms with Gasteiger partial charge < -0.3 is 29.0 Å². The van der Waals surface area contributed by atoms with Crippen molar-refractivity contribution >= 4 is 23.8 Å². The summed E-state index contributed by atoms with van der Waals surface area (Å²) < 4.78 is 27.5. The Hall–Kier alpha value is -3.14. The van der Waals surface area contributed by atoms with Crippen molar-refractivity contribution in [3.05, 3.63) is 30.3 Å². The Labute approximate surface area is 173 Å². The number of hydrogen-bond acceptors (Lipinski definition) is 9. The normalized spacial score (nSPS) is 25.5. The number of carbonyl (C=O) groups excluding carboxylic acids is 4. The van der Waals surface area contributed by atoms with E-state index in [1.807, 2.05) is 0 Å². The lowest BCUT2D eigenvalue weighted by molar-refractivity contribution is -0.257. The van der Waals surface area contributed by atoms with Gasteiger partial charge in [0, 0.05) is 27.7 Å². The molecular weight excluding hydrogens is 398 g/mol. The lowest BCUT2D eigenvalue weighted by atomic mass is 9.96. The van der Waals surface area contributed by atoms with Gasteiger partial charge in [-0.25, -0.2) is 0 Å². The van der Waals surface area contributed by atoms with Crippen LogP contribution in [-0.2, 0) is 38.1 Å². The molecule has 0 saturated carbocycles. The molecule has 0 radical (unpaired) electrons. The van der Waals surface area contributed by atoms with Gasteiger partial charge in [-0.1, -0.05) is 18.2 Å². The SMILES string of the molecule is CC(=O)N[C@@H]1[C@@H](Oc2ccccc2)O[C@@H](COC(C)=O)[C@H](OC(C)=O)[C@H]1OC(C)=O. The third kappa shape index (κ3) is 6.73. The molecule has 164 valence electrons. The third-order valence-electron chi connectivity index (χ3n) is 4.07. The standard InChI is InChI=1S/C20H25NO9/c1-11(22)21-17-19(28-14(4)25)18(27-13(3)24)16(10-26-12(2)23)30-20(17)29-15-8-6-5-7-9-15/h5-9,16-20H,10H2,1-4H3,(H,21,22)/t16-,17-,18-,19-,20-/m0/s1. The summed E-state index contributed by atoms with van der Waals surface area (Å²) in [7, 11) is 0. The van der Waals surface area contributed by atoms with Gasteiger partial charge >= 0.3 is 17.9 Å². The van der Waals surface area contributed by atoms with Crippen molar-refractivity contribution < 1.29 is 42.9 Å².